The molecule has 0 heterocycles. The van der Waals surface area contributed by atoms with Crippen molar-refractivity contribution in [3.05, 3.63) is 0 Å². The van der Waals surface area contributed by atoms with E-state index in [2.05, 4.69) is 5.32 Å². The van der Waals surface area contributed by atoms with Crippen LogP contribution in [0.5, 0.6) is 0 Å². The van der Waals surface area contributed by atoms with Crippen molar-refractivity contribution in [3.63, 3.8) is 0 Å². The van der Waals surface area contributed by atoms with Crippen LogP contribution in [-0.4, -0.2) is 40.1 Å². The van der Waals surface area contributed by atoms with Crippen molar-refractivity contribution in [3.8, 4) is 0 Å². The maximum absolute atomic E-state index is 10.5. The van der Waals surface area contributed by atoms with E-state index in [-0.39, 0.29) is 13.2 Å². The van der Waals surface area contributed by atoms with Crippen LogP contribution in [0, 0.1) is 0 Å². The van der Waals surface area contributed by atoms with Crippen molar-refractivity contribution in [1.29, 1.82) is 0 Å². The number of carbonyl (C=O) groups excluding carboxylic acids is 1. The molecule has 6 nitrogen and oxygen atoms in total. The van der Waals surface area contributed by atoms with Crippen LogP contribution in [0.3, 0.4) is 0 Å². The second kappa shape index (κ2) is 4.46. The van der Waals surface area contributed by atoms with Crippen molar-refractivity contribution < 1.29 is 24.3 Å². The Morgan fingerprint density at radius 1 is 1.45 bits per heavy atom. The van der Waals surface area contributed by atoms with E-state index in [0.717, 1.165) is 0 Å². The first-order chi connectivity index (χ1) is 4.95. The molecule has 1 amide bonds. The minimum atomic E-state index is -4.26. The Kier molecular flexibility index (Phi) is 4.29. The number of aliphatic hydroxyl groups excluding tert-OH is 1. The Morgan fingerprint density at radius 2 is 2.00 bits per heavy atom. The summed E-state index contributed by atoms with van der Waals surface area (Å²) >= 11 is 0. The minimum Gasteiger partial charge on any atom is -0.395 e. The normalized spacial score (nSPS) is 11.2. The fourth-order valence-electron chi connectivity index (χ4n) is 0.438. The molecule has 7 heteroatoms. The fourth-order valence-corrected chi connectivity index (χ4v) is 0.924. The third-order valence-electron chi connectivity index (χ3n) is 0.784. The third kappa shape index (κ3) is 7.48. The van der Waals surface area contributed by atoms with Crippen molar-refractivity contribution in [2.75, 3.05) is 19.3 Å². The molecule has 0 aromatic rings. The second-order valence-electron chi connectivity index (χ2n) is 1.90. The minimum absolute atomic E-state index is 0.0127. The number of amides is 1. The second-order valence-corrected chi connectivity index (χ2v) is 3.54. The molecule has 0 saturated heterocycles. The predicted molar refractivity (Wildman–Crippen MR) is 37.0 cm³/mol. The van der Waals surface area contributed by atoms with Crippen LogP contribution in [-0.2, 0) is 9.36 Å². The summed E-state index contributed by atoms with van der Waals surface area (Å²) in [5.74, 6) is -0.757. The molecule has 0 fully saturated rings. The standard InChI is InChI=1S/C4H10NO5P/c6-2-1-5-4(7)3-11(8,9)10/h6H,1-3H2,(H,5,7)(H2,8,9,10). The van der Waals surface area contributed by atoms with Gasteiger partial charge in [0.1, 0.15) is 6.16 Å². The van der Waals surface area contributed by atoms with Gasteiger partial charge in [-0.2, -0.15) is 0 Å². The lowest BCUT2D eigenvalue weighted by Gasteiger charge is -2.03. The topological polar surface area (TPSA) is 107 Å². The largest absolute Gasteiger partial charge is 0.395 e. The smallest absolute Gasteiger partial charge is 0.334 e. The Morgan fingerprint density at radius 3 is 2.36 bits per heavy atom. The van der Waals surface area contributed by atoms with Crippen molar-refractivity contribution in [2.24, 2.45) is 0 Å². The predicted octanol–water partition coefficient (Wildman–Crippen LogP) is -1.73. The zero-order valence-corrected chi connectivity index (χ0v) is 6.62. The molecule has 0 spiro atoms. The van der Waals surface area contributed by atoms with E-state index in [1.807, 2.05) is 0 Å². The molecule has 0 aliphatic carbocycles. The first-order valence-corrected chi connectivity index (χ1v) is 4.67. The number of carbonyl (C=O) groups is 1. The number of hydrogen-bond acceptors (Lipinski definition) is 3. The average molecular weight is 183 g/mol. The fraction of sp³-hybridized carbons (Fsp3) is 0.750. The van der Waals surface area contributed by atoms with Gasteiger partial charge in [-0.15, -0.1) is 0 Å². The van der Waals surface area contributed by atoms with Gasteiger partial charge in [0.05, 0.1) is 6.61 Å². The molecule has 0 atom stereocenters. The van der Waals surface area contributed by atoms with E-state index in [9.17, 15) is 9.36 Å². The summed E-state index contributed by atoms with van der Waals surface area (Å²) in [6.45, 7) is -0.230. The van der Waals surface area contributed by atoms with Gasteiger partial charge in [-0.25, -0.2) is 0 Å². The Balaban J connectivity index is 3.62. The molecule has 66 valence electrons. The summed E-state index contributed by atoms with van der Waals surface area (Å²) in [4.78, 5) is 27.1. The van der Waals surface area contributed by atoms with Crippen LogP contribution in [0.25, 0.3) is 0 Å². The molecule has 0 radical (unpaired) electrons. The molecular formula is C4H10NO5P. The van der Waals surface area contributed by atoms with Crippen molar-refractivity contribution >= 4 is 13.5 Å². The Labute approximate surface area is 63.4 Å². The first kappa shape index (κ1) is 10.6. The van der Waals surface area contributed by atoms with Crippen molar-refractivity contribution in [1.82, 2.24) is 5.32 Å². The van der Waals surface area contributed by atoms with Crippen molar-refractivity contribution in [2.45, 2.75) is 0 Å². The number of hydrogen-bond donors (Lipinski definition) is 4. The molecule has 0 bridgehead atoms. The Hall–Kier alpha value is -0.420. The summed E-state index contributed by atoms with van der Waals surface area (Å²) in [5, 5.41) is 10.3. The summed E-state index contributed by atoms with van der Waals surface area (Å²) in [7, 11) is -4.26. The van der Waals surface area contributed by atoms with Gasteiger partial charge in [0.15, 0.2) is 0 Å². The average Bonchev–Trinajstić information content (AvgIpc) is 1.79. The molecule has 0 aromatic carbocycles. The highest BCUT2D eigenvalue weighted by Gasteiger charge is 2.17. The lowest BCUT2D eigenvalue weighted by Crippen LogP contribution is -2.28. The van der Waals surface area contributed by atoms with Gasteiger partial charge in [-0.1, -0.05) is 0 Å². The van der Waals surface area contributed by atoms with Gasteiger partial charge in [0.2, 0.25) is 5.91 Å². The molecule has 0 saturated carbocycles. The lowest BCUT2D eigenvalue weighted by atomic mass is 10.6. The highest BCUT2D eigenvalue weighted by molar-refractivity contribution is 7.52. The van der Waals surface area contributed by atoms with Gasteiger partial charge in [-0.3, -0.25) is 9.36 Å². The van der Waals surface area contributed by atoms with Crippen LogP contribution in [0.4, 0.5) is 0 Å². The van der Waals surface area contributed by atoms with Gasteiger partial charge in [0, 0.05) is 6.54 Å². The highest BCUT2D eigenvalue weighted by atomic mass is 31.2. The van der Waals surface area contributed by atoms with Gasteiger partial charge in [-0.05, 0) is 0 Å². The number of nitrogens with one attached hydrogen (secondary N) is 1. The van der Waals surface area contributed by atoms with E-state index >= 15 is 0 Å². The van der Waals surface area contributed by atoms with Crippen LogP contribution in [0.15, 0.2) is 0 Å². The molecule has 0 aromatic heterocycles. The molecule has 0 unspecified atom stereocenters. The lowest BCUT2D eigenvalue weighted by molar-refractivity contribution is -0.118. The van der Waals surface area contributed by atoms with Crippen LogP contribution in [0.1, 0.15) is 0 Å². The van der Waals surface area contributed by atoms with E-state index in [1.165, 1.54) is 0 Å². The van der Waals surface area contributed by atoms with Gasteiger partial charge >= 0.3 is 7.60 Å². The monoisotopic (exact) mass is 183 g/mol. The molecule has 0 aliphatic rings. The highest BCUT2D eigenvalue weighted by Crippen LogP contribution is 2.33. The maximum Gasteiger partial charge on any atom is 0.334 e. The summed E-state index contributed by atoms with van der Waals surface area (Å²) in [6.07, 6.45) is -0.826. The summed E-state index contributed by atoms with van der Waals surface area (Å²) in [5.41, 5.74) is 0. The molecule has 11 heavy (non-hydrogen) atoms. The first-order valence-electron chi connectivity index (χ1n) is 2.88. The van der Waals surface area contributed by atoms with Gasteiger partial charge < -0.3 is 20.2 Å². The third-order valence-corrected chi connectivity index (χ3v) is 1.48. The van der Waals surface area contributed by atoms with Crippen LogP contribution < -0.4 is 5.32 Å². The maximum atomic E-state index is 10.5. The summed E-state index contributed by atoms with van der Waals surface area (Å²) < 4.78 is 10.2. The van der Waals surface area contributed by atoms with E-state index in [0.29, 0.717) is 0 Å². The molecule has 0 rings (SSSR count). The number of rotatable bonds is 4. The molecule has 0 aliphatic heterocycles. The number of aliphatic hydroxyl groups is 1. The molecule has 4 N–H and O–H groups in total. The van der Waals surface area contributed by atoms with E-state index < -0.39 is 19.7 Å². The zero-order chi connectivity index (χ0) is 8.91. The quantitative estimate of drug-likeness (QED) is 0.387. The molecular weight excluding hydrogens is 173 g/mol. The van der Waals surface area contributed by atoms with E-state index in [1.54, 1.807) is 0 Å². The Bertz CT molecular complexity index is 175. The SMILES string of the molecule is O=C(CP(=O)(O)O)NCCO. The summed E-state index contributed by atoms with van der Waals surface area (Å²) in [6, 6.07) is 0. The van der Waals surface area contributed by atoms with Gasteiger partial charge in [0.25, 0.3) is 0 Å². The van der Waals surface area contributed by atoms with Crippen LogP contribution >= 0.6 is 7.60 Å². The zero-order valence-electron chi connectivity index (χ0n) is 5.73. The van der Waals surface area contributed by atoms with E-state index in [4.69, 9.17) is 14.9 Å². The van der Waals surface area contributed by atoms with Crippen LogP contribution in [0.2, 0.25) is 0 Å².